The average molecular weight is 340 g/mol. The number of nitrogens with zero attached hydrogens (tertiary/aromatic N) is 4. The Morgan fingerprint density at radius 2 is 2.04 bits per heavy atom. The highest BCUT2D eigenvalue weighted by Gasteiger charge is 2.24. The number of carbonyl (C=O) groups excluding carboxylic acids is 1. The predicted molar refractivity (Wildman–Crippen MR) is 91.2 cm³/mol. The van der Waals surface area contributed by atoms with Crippen molar-refractivity contribution in [2.75, 3.05) is 13.1 Å². The number of amides is 1. The number of hydrogen-bond acceptors (Lipinski definition) is 5. The van der Waals surface area contributed by atoms with Gasteiger partial charge in [-0.25, -0.2) is 14.8 Å². The Kier molecular flexibility index (Phi) is 4.74. The molecule has 0 bridgehead atoms. The van der Waals surface area contributed by atoms with Crippen LogP contribution in [0.2, 0.25) is 0 Å². The van der Waals surface area contributed by atoms with E-state index in [0.717, 1.165) is 25.1 Å². The third-order valence-corrected chi connectivity index (χ3v) is 4.42. The molecule has 1 atom stereocenters. The second-order valence-corrected chi connectivity index (χ2v) is 6.30. The van der Waals surface area contributed by atoms with Gasteiger partial charge in [0, 0.05) is 49.6 Å². The lowest BCUT2D eigenvalue weighted by Crippen LogP contribution is -2.37. The monoisotopic (exact) mass is 340 g/mol. The minimum atomic E-state index is -1.02. The van der Waals surface area contributed by atoms with Crippen LogP contribution in [0.3, 0.4) is 0 Å². The summed E-state index contributed by atoms with van der Waals surface area (Å²) in [5.41, 5.74) is 2.30. The molecule has 0 unspecified atom stereocenters. The maximum atomic E-state index is 11.7. The molecule has 2 aromatic heterocycles. The maximum absolute atomic E-state index is 11.7. The van der Waals surface area contributed by atoms with Crippen LogP contribution in [0.4, 0.5) is 0 Å². The molecule has 1 aliphatic heterocycles. The summed E-state index contributed by atoms with van der Waals surface area (Å²) in [6, 6.07) is 3.44. The Bertz CT molecular complexity index is 822. The summed E-state index contributed by atoms with van der Waals surface area (Å²) < 4.78 is 0. The van der Waals surface area contributed by atoms with E-state index in [2.05, 4.69) is 15.0 Å². The molecule has 0 aromatic carbocycles. The summed E-state index contributed by atoms with van der Waals surface area (Å²) in [7, 11) is 0. The van der Waals surface area contributed by atoms with E-state index in [1.807, 2.05) is 17.9 Å². The van der Waals surface area contributed by atoms with Crippen molar-refractivity contribution >= 4 is 11.9 Å². The van der Waals surface area contributed by atoms with Crippen LogP contribution in [0.25, 0.3) is 11.3 Å². The lowest BCUT2D eigenvalue weighted by molar-refractivity contribution is -0.130. The number of carboxylic acid groups (broad SMARTS) is 1. The van der Waals surface area contributed by atoms with Crippen LogP contribution in [0.1, 0.15) is 47.6 Å². The van der Waals surface area contributed by atoms with Crippen LogP contribution in [0.5, 0.6) is 0 Å². The van der Waals surface area contributed by atoms with Crippen molar-refractivity contribution in [3.63, 3.8) is 0 Å². The molecule has 1 saturated heterocycles. The van der Waals surface area contributed by atoms with Crippen LogP contribution in [-0.4, -0.2) is 49.9 Å². The standard InChI is InChI=1S/C18H20N4O3/c1-11-20-16(13-4-3-5-22(10-13)12(2)23)7-17(21-11)14-6-15(18(24)25)9-19-8-14/h6-9,13H,3-5,10H2,1-2H3,(H,24,25)/t13-/m1/s1. The highest BCUT2D eigenvalue weighted by atomic mass is 16.4. The third kappa shape index (κ3) is 3.81. The largest absolute Gasteiger partial charge is 0.478 e. The predicted octanol–water partition coefficient (Wildman–Crippen LogP) is 2.27. The molecule has 3 rings (SSSR count). The molecule has 25 heavy (non-hydrogen) atoms. The van der Waals surface area contributed by atoms with Gasteiger partial charge in [-0.2, -0.15) is 0 Å². The number of carbonyl (C=O) groups is 2. The highest BCUT2D eigenvalue weighted by Crippen LogP contribution is 2.28. The van der Waals surface area contributed by atoms with E-state index in [0.29, 0.717) is 23.6 Å². The first-order valence-electron chi connectivity index (χ1n) is 8.24. The van der Waals surface area contributed by atoms with Crippen LogP contribution in [-0.2, 0) is 4.79 Å². The molecule has 1 aliphatic rings. The molecule has 7 heteroatoms. The van der Waals surface area contributed by atoms with Gasteiger partial charge in [0.15, 0.2) is 0 Å². The van der Waals surface area contributed by atoms with Gasteiger partial charge >= 0.3 is 5.97 Å². The number of rotatable bonds is 3. The lowest BCUT2D eigenvalue weighted by atomic mass is 9.93. The third-order valence-electron chi connectivity index (χ3n) is 4.42. The van der Waals surface area contributed by atoms with E-state index in [9.17, 15) is 9.59 Å². The molecule has 0 spiro atoms. The van der Waals surface area contributed by atoms with Gasteiger partial charge in [-0.05, 0) is 31.9 Å². The fourth-order valence-corrected chi connectivity index (χ4v) is 3.15. The molecule has 130 valence electrons. The van der Waals surface area contributed by atoms with E-state index in [4.69, 9.17) is 5.11 Å². The number of aromatic nitrogens is 3. The van der Waals surface area contributed by atoms with Crippen molar-refractivity contribution in [1.29, 1.82) is 0 Å². The van der Waals surface area contributed by atoms with Gasteiger partial charge in [-0.3, -0.25) is 9.78 Å². The molecular formula is C18H20N4O3. The van der Waals surface area contributed by atoms with Crippen molar-refractivity contribution in [2.24, 2.45) is 0 Å². The number of carboxylic acids is 1. The normalized spacial score (nSPS) is 17.4. The first kappa shape index (κ1) is 17.0. The molecule has 0 aliphatic carbocycles. The summed E-state index contributed by atoms with van der Waals surface area (Å²) in [6.45, 7) is 4.83. The zero-order valence-electron chi connectivity index (χ0n) is 14.3. The number of pyridine rings is 1. The molecule has 1 fully saturated rings. The van der Waals surface area contributed by atoms with Crippen LogP contribution >= 0.6 is 0 Å². The second-order valence-electron chi connectivity index (χ2n) is 6.30. The lowest BCUT2D eigenvalue weighted by Gasteiger charge is -2.32. The molecule has 3 heterocycles. The molecule has 1 N–H and O–H groups in total. The van der Waals surface area contributed by atoms with Gasteiger partial charge in [0.25, 0.3) is 0 Å². The number of aromatic carboxylic acids is 1. The molecule has 7 nitrogen and oxygen atoms in total. The smallest absolute Gasteiger partial charge is 0.337 e. The Morgan fingerprint density at radius 1 is 1.24 bits per heavy atom. The first-order valence-corrected chi connectivity index (χ1v) is 8.24. The Labute approximate surface area is 145 Å². The molecule has 1 amide bonds. The summed E-state index contributed by atoms with van der Waals surface area (Å²) in [5.74, 6) is -0.166. The zero-order chi connectivity index (χ0) is 18.0. The average Bonchev–Trinajstić information content (AvgIpc) is 2.61. The molecular weight excluding hydrogens is 320 g/mol. The van der Waals surface area contributed by atoms with Crippen LogP contribution < -0.4 is 0 Å². The van der Waals surface area contributed by atoms with Crippen LogP contribution in [0, 0.1) is 6.92 Å². The molecule has 0 radical (unpaired) electrons. The Balaban J connectivity index is 1.94. The van der Waals surface area contributed by atoms with E-state index >= 15 is 0 Å². The van der Waals surface area contributed by atoms with Crippen molar-refractivity contribution in [3.05, 3.63) is 41.6 Å². The zero-order valence-corrected chi connectivity index (χ0v) is 14.3. The number of hydrogen-bond donors (Lipinski definition) is 1. The van der Waals surface area contributed by atoms with Gasteiger partial charge in [0.2, 0.25) is 5.91 Å². The number of aryl methyl sites for hydroxylation is 1. The summed E-state index contributed by atoms with van der Waals surface area (Å²) in [5, 5.41) is 9.14. The van der Waals surface area contributed by atoms with E-state index < -0.39 is 5.97 Å². The first-order chi connectivity index (χ1) is 11.9. The second kappa shape index (κ2) is 6.96. The number of likely N-dealkylation sites (tertiary alicyclic amines) is 1. The summed E-state index contributed by atoms with van der Waals surface area (Å²) in [6.07, 6.45) is 4.82. The number of piperidine rings is 1. The summed E-state index contributed by atoms with van der Waals surface area (Å²) in [4.78, 5) is 37.6. The fourth-order valence-electron chi connectivity index (χ4n) is 3.15. The topological polar surface area (TPSA) is 96.3 Å². The van der Waals surface area contributed by atoms with E-state index in [-0.39, 0.29) is 17.4 Å². The highest BCUT2D eigenvalue weighted by molar-refractivity contribution is 5.88. The van der Waals surface area contributed by atoms with Crippen molar-refractivity contribution < 1.29 is 14.7 Å². The van der Waals surface area contributed by atoms with E-state index in [1.54, 1.807) is 19.2 Å². The quantitative estimate of drug-likeness (QED) is 0.921. The van der Waals surface area contributed by atoms with Crippen LogP contribution in [0.15, 0.2) is 24.5 Å². The summed E-state index contributed by atoms with van der Waals surface area (Å²) >= 11 is 0. The van der Waals surface area contributed by atoms with Crippen molar-refractivity contribution in [1.82, 2.24) is 19.9 Å². The van der Waals surface area contributed by atoms with Gasteiger partial charge < -0.3 is 10.0 Å². The minimum Gasteiger partial charge on any atom is -0.478 e. The maximum Gasteiger partial charge on any atom is 0.337 e. The van der Waals surface area contributed by atoms with Crippen molar-refractivity contribution in [2.45, 2.75) is 32.6 Å². The van der Waals surface area contributed by atoms with Gasteiger partial charge in [0.05, 0.1) is 11.3 Å². The molecule has 0 saturated carbocycles. The molecule has 2 aromatic rings. The fraction of sp³-hybridized carbons (Fsp3) is 0.389. The Hall–Kier alpha value is -2.83. The van der Waals surface area contributed by atoms with E-state index in [1.165, 1.54) is 6.20 Å². The van der Waals surface area contributed by atoms with Crippen molar-refractivity contribution in [3.8, 4) is 11.3 Å². The Morgan fingerprint density at radius 3 is 2.76 bits per heavy atom. The van der Waals surface area contributed by atoms with Gasteiger partial charge in [-0.15, -0.1) is 0 Å². The van der Waals surface area contributed by atoms with Gasteiger partial charge in [0.1, 0.15) is 5.82 Å². The van der Waals surface area contributed by atoms with Gasteiger partial charge in [-0.1, -0.05) is 0 Å². The minimum absolute atomic E-state index is 0.0778. The SMILES string of the molecule is CC(=O)N1CCC[C@@H](c2cc(-c3cncc(C(=O)O)c3)nc(C)n2)C1.